The van der Waals surface area contributed by atoms with E-state index in [2.05, 4.69) is 59.2 Å². The van der Waals surface area contributed by atoms with Gasteiger partial charge < -0.3 is 10.2 Å². The molecule has 3 heterocycles. The summed E-state index contributed by atoms with van der Waals surface area (Å²) in [5.74, 6) is 1.51. The van der Waals surface area contributed by atoms with Crippen LogP contribution < -0.4 is 10.2 Å². The predicted molar refractivity (Wildman–Crippen MR) is 121 cm³/mol. The molecule has 0 radical (unpaired) electrons. The quantitative estimate of drug-likeness (QED) is 0.628. The van der Waals surface area contributed by atoms with Crippen molar-refractivity contribution in [2.24, 2.45) is 5.92 Å². The summed E-state index contributed by atoms with van der Waals surface area (Å²) >= 11 is 1.73. The molecule has 1 aromatic carbocycles. The molecule has 1 saturated heterocycles. The fourth-order valence-electron chi connectivity index (χ4n) is 3.90. The van der Waals surface area contributed by atoms with Crippen molar-refractivity contribution in [3.05, 3.63) is 47.1 Å². The van der Waals surface area contributed by atoms with Crippen molar-refractivity contribution in [2.45, 2.75) is 46.0 Å². The third kappa shape index (κ3) is 4.27. The topological polar surface area (TPSA) is 58.1 Å². The molecule has 0 saturated carbocycles. The van der Waals surface area contributed by atoms with E-state index in [1.807, 2.05) is 12.1 Å². The Hall–Kier alpha value is -2.47. The third-order valence-corrected chi connectivity index (χ3v) is 6.83. The van der Waals surface area contributed by atoms with Gasteiger partial charge in [0.15, 0.2) is 0 Å². The summed E-state index contributed by atoms with van der Waals surface area (Å²) < 4.78 is 0. The molecule has 1 aliphatic heterocycles. The van der Waals surface area contributed by atoms with Crippen LogP contribution in [0.2, 0.25) is 0 Å². The Labute approximate surface area is 176 Å². The molecule has 1 unspecified atom stereocenters. The summed E-state index contributed by atoms with van der Waals surface area (Å²) in [4.78, 5) is 26.5. The van der Waals surface area contributed by atoms with Crippen molar-refractivity contribution in [1.29, 1.82) is 0 Å². The second kappa shape index (κ2) is 8.49. The van der Waals surface area contributed by atoms with Gasteiger partial charge in [0.2, 0.25) is 5.91 Å². The summed E-state index contributed by atoms with van der Waals surface area (Å²) in [5, 5.41) is 4.21. The number of hydrogen-bond donors (Lipinski definition) is 1. The van der Waals surface area contributed by atoms with Gasteiger partial charge in [-0.05, 0) is 48.9 Å². The minimum absolute atomic E-state index is 0.0391. The lowest BCUT2D eigenvalue weighted by Gasteiger charge is -2.33. The van der Waals surface area contributed by atoms with Crippen LogP contribution in [0.1, 0.15) is 50.0 Å². The zero-order valence-corrected chi connectivity index (χ0v) is 18.1. The SMILES string of the molecule is CCc1cc2c(N3CCCC(C(=O)Nc4ccc(C(C)C)cc4)C3)ncnc2s1. The zero-order valence-electron chi connectivity index (χ0n) is 17.3. The summed E-state index contributed by atoms with van der Waals surface area (Å²) in [5.41, 5.74) is 2.15. The fourth-order valence-corrected chi connectivity index (χ4v) is 4.83. The van der Waals surface area contributed by atoms with Crippen molar-refractivity contribution in [3.8, 4) is 0 Å². The van der Waals surface area contributed by atoms with Gasteiger partial charge in [0.05, 0.1) is 11.3 Å². The number of piperidine rings is 1. The average Bonchev–Trinajstić information content (AvgIpc) is 3.17. The molecule has 152 valence electrons. The number of nitrogens with zero attached hydrogens (tertiary/aromatic N) is 3. The van der Waals surface area contributed by atoms with Crippen LogP contribution in [0.3, 0.4) is 0 Å². The number of carbonyl (C=O) groups is 1. The van der Waals surface area contributed by atoms with Crippen molar-refractivity contribution >= 4 is 39.0 Å². The lowest BCUT2D eigenvalue weighted by atomic mass is 9.96. The lowest BCUT2D eigenvalue weighted by molar-refractivity contribution is -0.120. The van der Waals surface area contributed by atoms with Crippen LogP contribution in [0, 0.1) is 5.92 Å². The normalized spacial score (nSPS) is 17.1. The molecule has 1 fully saturated rings. The molecule has 1 aliphatic rings. The van der Waals surface area contributed by atoms with E-state index < -0.39 is 0 Å². The van der Waals surface area contributed by atoms with Gasteiger partial charge in [-0.1, -0.05) is 32.9 Å². The minimum atomic E-state index is -0.0391. The molecule has 0 spiro atoms. The van der Waals surface area contributed by atoms with E-state index in [1.54, 1.807) is 17.7 Å². The molecule has 6 heteroatoms. The van der Waals surface area contributed by atoms with Crippen LogP contribution >= 0.6 is 11.3 Å². The number of anilines is 2. The molecule has 1 atom stereocenters. The summed E-state index contributed by atoms with van der Waals surface area (Å²) in [6, 6.07) is 10.4. The van der Waals surface area contributed by atoms with Gasteiger partial charge in [-0.3, -0.25) is 4.79 Å². The number of aryl methyl sites for hydroxylation is 1. The molecule has 29 heavy (non-hydrogen) atoms. The Kier molecular flexibility index (Phi) is 5.81. The highest BCUT2D eigenvalue weighted by Crippen LogP contribution is 2.32. The van der Waals surface area contributed by atoms with Crippen molar-refractivity contribution < 1.29 is 4.79 Å². The van der Waals surface area contributed by atoms with E-state index in [0.717, 1.165) is 47.5 Å². The van der Waals surface area contributed by atoms with Crippen LogP contribution in [0.25, 0.3) is 10.2 Å². The van der Waals surface area contributed by atoms with E-state index in [-0.39, 0.29) is 11.8 Å². The number of aromatic nitrogens is 2. The maximum atomic E-state index is 12.9. The van der Waals surface area contributed by atoms with Crippen molar-refractivity contribution in [2.75, 3.05) is 23.3 Å². The summed E-state index contributed by atoms with van der Waals surface area (Å²) in [7, 11) is 0. The van der Waals surface area contributed by atoms with Crippen LogP contribution in [0.15, 0.2) is 36.7 Å². The van der Waals surface area contributed by atoms with Crippen molar-refractivity contribution in [1.82, 2.24) is 9.97 Å². The zero-order chi connectivity index (χ0) is 20.4. The predicted octanol–water partition coefficient (Wildman–Crippen LogP) is 5.23. The fraction of sp³-hybridized carbons (Fsp3) is 0.435. The van der Waals surface area contributed by atoms with Gasteiger partial charge in [0.1, 0.15) is 17.0 Å². The summed E-state index contributed by atoms with van der Waals surface area (Å²) in [6.07, 6.45) is 4.54. The molecular weight excluding hydrogens is 380 g/mol. The maximum Gasteiger partial charge on any atom is 0.229 e. The Morgan fingerprint density at radius 1 is 1.28 bits per heavy atom. The average molecular weight is 409 g/mol. The first-order chi connectivity index (χ1) is 14.0. The van der Waals surface area contributed by atoms with Crippen LogP contribution in [0.5, 0.6) is 0 Å². The number of carbonyl (C=O) groups excluding carboxylic acids is 1. The molecule has 4 rings (SSSR count). The van der Waals surface area contributed by atoms with Crippen LogP contribution in [-0.4, -0.2) is 29.0 Å². The molecule has 0 bridgehead atoms. The number of fused-ring (bicyclic) bond motifs is 1. The molecule has 3 aromatic rings. The first-order valence-electron chi connectivity index (χ1n) is 10.4. The number of nitrogens with one attached hydrogen (secondary N) is 1. The summed E-state index contributed by atoms with van der Waals surface area (Å²) in [6.45, 7) is 8.12. The highest BCUT2D eigenvalue weighted by molar-refractivity contribution is 7.18. The van der Waals surface area contributed by atoms with Gasteiger partial charge in [0.25, 0.3) is 0 Å². The Bertz CT molecular complexity index is 996. The van der Waals surface area contributed by atoms with Gasteiger partial charge >= 0.3 is 0 Å². The Morgan fingerprint density at radius 2 is 2.07 bits per heavy atom. The molecule has 1 amide bonds. The van der Waals surface area contributed by atoms with E-state index in [4.69, 9.17) is 0 Å². The van der Waals surface area contributed by atoms with Gasteiger partial charge in [0, 0.05) is 23.7 Å². The second-order valence-corrected chi connectivity index (χ2v) is 9.15. The van der Waals surface area contributed by atoms with Crippen LogP contribution in [0.4, 0.5) is 11.5 Å². The van der Waals surface area contributed by atoms with Gasteiger partial charge in [-0.2, -0.15) is 0 Å². The highest BCUT2D eigenvalue weighted by Gasteiger charge is 2.28. The van der Waals surface area contributed by atoms with E-state index >= 15 is 0 Å². The number of amides is 1. The molecule has 1 N–H and O–H groups in total. The highest BCUT2D eigenvalue weighted by atomic mass is 32.1. The van der Waals surface area contributed by atoms with Gasteiger partial charge in [-0.25, -0.2) is 9.97 Å². The number of benzene rings is 1. The smallest absolute Gasteiger partial charge is 0.229 e. The standard InChI is InChI=1S/C23H28N4OS/c1-4-19-12-20-21(24-14-25-23(20)29-19)27-11-5-6-17(13-27)22(28)26-18-9-7-16(8-10-18)15(2)3/h7-10,12,14-15,17H,4-6,11,13H2,1-3H3,(H,26,28). The molecule has 0 aliphatic carbocycles. The number of thiophene rings is 1. The minimum Gasteiger partial charge on any atom is -0.355 e. The van der Waals surface area contributed by atoms with E-state index in [1.165, 1.54) is 10.4 Å². The molecule has 5 nitrogen and oxygen atoms in total. The largest absolute Gasteiger partial charge is 0.355 e. The first kappa shape index (κ1) is 19.8. The Morgan fingerprint density at radius 3 is 2.79 bits per heavy atom. The van der Waals surface area contributed by atoms with Crippen molar-refractivity contribution in [3.63, 3.8) is 0 Å². The number of hydrogen-bond acceptors (Lipinski definition) is 5. The lowest BCUT2D eigenvalue weighted by Crippen LogP contribution is -2.41. The third-order valence-electron chi connectivity index (χ3n) is 5.64. The monoisotopic (exact) mass is 408 g/mol. The molecule has 2 aromatic heterocycles. The van der Waals surface area contributed by atoms with E-state index in [9.17, 15) is 4.79 Å². The Balaban J connectivity index is 1.48. The van der Waals surface area contributed by atoms with Gasteiger partial charge in [-0.15, -0.1) is 11.3 Å². The maximum absolute atomic E-state index is 12.9. The number of rotatable bonds is 5. The van der Waals surface area contributed by atoms with E-state index in [0.29, 0.717) is 12.5 Å². The van der Waals surface area contributed by atoms with Crippen LogP contribution in [-0.2, 0) is 11.2 Å². The first-order valence-corrected chi connectivity index (χ1v) is 11.3. The molecular formula is C23H28N4OS. The second-order valence-electron chi connectivity index (χ2n) is 8.03.